The van der Waals surface area contributed by atoms with Gasteiger partial charge in [0.15, 0.2) is 0 Å². The van der Waals surface area contributed by atoms with Crippen molar-refractivity contribution in [1.82, 2.24) is 0 Å². The van der Waals surface area contributed by atoms with Gasteiger partial charge in [0.25, 0.3) is 0 Å². The predicted molar refractivity (Wildman–Crippen MR) is 70.5 cm³/mol. The Hall–Kier alpha value is -1.11. The molecule has 0 aliphatic rings. The van der Waals surface area contributed by atoms with Crippen LogP contribution in [-0.2, 0) is 9.05 Å². The van der Waals surface area contributed by atoms with Gasteiger partial charge in [-0.2, -0.15) is 0 Å². The first-order valence-electron chi connectivity index (χ1n) is 5.07. The van der Waals surface area contributed by atoms with Gasteiger partial charge in [-0.25, -0.2) is 0 Å². The van der Waals surface area contributed by atoms with Gasteiger partial charge in [0.2, 0.25) is 9.03 Å². The maximum absolute atomic E-state index is 5.62. The molecule has 0 heterocycles. The molecule has 0 radical (unpaired) electrons. The van der Waals surface area contributed by atoms with Crippen LogP contribution in [0, 0.1) is 0 Å². The van der Waals surface area contributed by atoms with Gasteiger partial charge in [-0.1, -0.05) is 36.9 Å². The molecule has 1 rings (SSSR count). The Balaban J connectivity index is 3.34. The van der Waals surface area contributed by atoms with Crippen molar-refractivity contribution >= 4 is 21.4 Å². The lowest BCUT2D eigenvalue weighted by atomic mass is 10.1. The van der Waals surface area contributed by atoms with Crippen molar-refractivity contribution in [1.29, 1.82) is 0 Å². The van der Waals surface area contributed by atoms with Crippen molar-refractivity contribution in [3.63, 3.8) is 0 Å². The van der Waals surface area contributed by atoms with E-state index in [1.807, 2.05) is 44.2 Å². The highest BCUT2D eigenvalue weighted by atomic mass is 31.1. The standard InChI is InChI=1S/C13H17O2P/c1-5-10(2)13(15-16-14-4)12-9-7-6-8-11(12)3/h5-9,16H,3H2,1-2,4H3/b10-5-,13-12+. The van der Waals surface area contributed by atoms with Crippen molar-refractivity contribution in [2.75, 3.05) is 7.11 Å². The summed E-state index contributed by atoms with van der Waals surface area (Å²) in [6.45, 7) is 8.00. The van der Waals surface area contributed by atoms with Crippen molar-refractivity contribution in [2.24, 2.45) is 0 Å². The molecule has 1 unspecified atom stereocenters. The molecular formula is C13H17O2P. The van der Waals surface area contributed by atoms with Gasteiger partial charge >= 0.3 is 0 Å². The van der Waals surface area contributed by atoms with Crippen LogP contribution in [0.3, 0.4) is 0 Å². The maximum Gasteiger partial charge on any atom is 0.215 e. The van der Waals surface area contributed by atoms with Crippen LogP contribution >= 0.6 is 9.03 Å². The summed E-state index contributed by atoms with van der Waals surface area (Å²) in [4.78, 5) is 0. The predicted octanol–water partition coefficient (Wildman–Crippen LogP) is 2.34. The SMILES string of the molecule is C=c1cccc/c1=C(OPOC)/C(C)=C\C. The van der Waals surface area contributed by atoms with Crippen LogP contribution in [0.4, 0.5) is 0 Å². The summed E-state index contributed by atoms with van der Waals surface area (Å²) < 4.78 is 10.6. The van der Waals surface area contributed by atoms with E-state index in [1.54, 1.807) is 7.11 Å². The van der Waals surface area contributed by atoms with Gasteiger partial charge in [0.05, 0.1) is 0 Å². The Morgan fingerprint density at radius 2 is 2.06 bits per heavy atom. The fourth-order valence-corrected chi connectivity index (χ4v) is 1.74. The quantitative estimate of drug-likeness (QED) is 0.747. The summed E-state index contributed by atoms with van der Waals surface area (Å²) in [6, 6.07) is 7.92. The average Bonchev–Trinajstić information content (AvgIpc) is 2.31. The van der Waals surface area contributed by atoms with E-state index < -0.39 is 0 Å². The molecule has 3 heteroatoms. The number of rotatable bonds is 4. The van der Waals surface area contributed by atoms with Gasteiger partial charge in [-0.05, 0) is 24.6 Å². The Kier molecular flexibility index (Phi) is 5.24. The summed E-state index contributed by atoms with van der Waals surface area (Å²) in [7, 11) is 1.63. The van der Waals surface area contributed by atoms with E-state index in [-0.39, 0.29) is 9.03 Å². The van der Waals surface area contributed by atoms with E-state index in [4.69, 9.17) is 9.05 Å². The third-order valence-corrected chi connectivity index (χ3v) is 2.73. The average molecular weight is 236 g/mol. The molecule has 0 amide bonds. The first-order chi connectivity index (χ1) is 7.70. The van der Waals surface area contributed by atoms with Crippen LogP contribution in [0.2, 0.25) is 0 Å². The van der Waals surface area contributed by atoms with E-state index >= 15 is 0 Å². The lowest BCUT2D eigenvalue weighted by molar-refractivity contribution is 0.402. The smallest absolute Gasteiger partial charge is 0.215 e. The Morgan fingerprint density at radius 3 is 2.62 bits per heavy atom. The number of hydrogen-bond acceptors (Lipinski definition) is 2. The van der Waals surface area contributed by atoms with Crippen molar-refractivity contribution in [2.45, 2.75) is 13.8 Å². The zero-order valence-corrected chi connectivity index (χ0v) is 10.9. The highest BCUT2D eigenvalue weighted by Crippen LogP contribution is 2.22. The molecule has 0 N–H and O–H groups in total. The fraction of sp³-hybridized carbons (Fsp3) is 0.231. The summed E-state index contributed by atoms with van der Waals surface area (Å²) in [6.07, 6.45) is 2.02. The zero-order valence-electron chi connectivity index (χ0n) is 9.91. The molecule has 1 aromatic carbocycles. The number of hydrogen-bond donors (Lipinski definition) is 0. The lowest BCUT2D eigenvalue weighted by Crippen LogP contribution is -2.25. The summed E-state index contributed by atoms with van der Waals surface area (Å²) >= 11 is 0. The van der Waals surface area contributed by atoms with Gasteiger partial charge < -0.3 is 9.05 Å². The van der Waals surface area contributed by atoms with Crippen molar-refractivity contribution < 1.29 is 9.05 Å². The molecule has 0 bridgehead atoms. The van der Waals surface area contributed by atoms with Crippen LogP contribution < -0.4 is 10.4 Å². The summed E-state index contributed by atoms with van der Waals surface area (Å²) in [5.41, 5.74) is 1.08. The Labute approximate surface area is 98.2 Å². The minimum atomic E-state index is 0.00725. The number of allylic oxidation sites excluding steroid dienone is 1. The summed E-state index contributed by atoms with van der Waals surface area (Å²) in [5, 5.41) is 1.97. The highest BCUT2D eigenvalue weighted by Gasteiger charge is 2.02. The van der Waals surface area contributed by atoms with E-state index in [0.717, 1.165) is 21.8 Å². The molecule has 2 nitrogen and oxygen atoms in total. The monoisotopic (exact) mass is 236 g/mol. The normalized spacial score (nSPS) is 14.3. The first-order valence-corrected chi connectivity index (χ1v) is 5.88. The molecule has 0 aliphatic heterocycles. The molecular weight excluding hydrogens is 219 g/mol. The lowest BCUT2D eigenvalue weighted by Gasteiger charge is -2.09. The molecule has 0 fully saturated rings. The van der Waals surface area contributed by atoms with E-state index in [9.17, 15) is 0 Å². The molecule has 0 spiro atoms. The van der Waals surface area contributed by atoms with Crippen molar-refractivity contribution in [3.8, 4) is 0 Å². The van der Waals surface area contributed by atoms with Gasteiger partial charge in [0.1, 0.15) is 5.76 Å². The second-order valence-corrected chi connectivity index (χ2v) is 4.13. The van der Waals surface area contributed by atoms with Crippen molar-refractivity contribution in [3.05, 3.63) is 46.4 Å². The highest BCUT2D eigenvalue weighted by molar-refractivity contribution is 7.26. The molecule has 0 aromatic heterocycles. The van der Waals surface area contributed by atoms with E-state index in [2.05, 4.69) is 6.58 Å². The maximum atomic E-state index is 5.62. The van der Waals surface area contributed by atoms with Crippen LogP contribution in [0.15, 0.2) is 35.9 Å². The second-order valence-electron chi connectivity index (χ2n) is 3.35. The van der Waals surface area contributed by atoms with E-state index in [0.29, 0.717) is 0 Å². The Bertz CT molecular complexity index is 477. The molecule has 0 saturated carbocycles. The van der Waals surface area contributed by atoms with Gasteiger partial charge in [0, 0.05) is 12.3 Å². The molecule has 1 aromatic rings. The third-order valence-electron chi connectivity index (χ3n) is 2.28. The third kappa shape index (κ3) is 3.19. The van der Waals surface area contributed by atoms with E-state index in [1.165, 1.54) is 0 Å². The zero-order chi connectivity index (χ0) is 12.0. The van der Waals surface area contributed by atoms with Gasteiger partial charge in [-0.15, -0.1) is 0 Å². The largest absolute Gasteiger partial charge is 0.449 e. The number of benzene rings is 1. The van der Waals surface area contributed by atoms with Crippen LogP contribution in [0.25, 0.3) is 12.3 Å². The van der Waals surface area contributed by atoms with Crippen LogP contribution in [-0.4, -0.2) is 7.11 Å². The molecule has 86 valence electrons. The summed E-state index contributed by atoms with van der Waals surface area (Å²) in [5.74, 6) is 0.841. The molecule has 16 heavy (non-hydrogen) atoms. The topological polar surface area (TPSA) is 18.5 Å². The molecule has 1 atom stereocenters. The van der Waals surface area contributed by atoms with Crippen LogP contribution in [0.5, 0.6) is 0 Å². The molecule has 0 saturated heterocycles. The Morgan fingerprint density at radius 1 is 1.38 bits per heavy atom. The minimum absolute atomic E-state index is 0.00725. The second kappa shape index (κ2) is 6.47. The molecule has 0 aliphatic carbocycles. The van der Waals surface area contributed by atoms with Crippen LogP contribution in [0.1, 0.15) is 13.8 Å². The van der Waals surface area contributed by atoms with Gasteiger partial charge in [-0.3, -0.25) is 0 Å². The minimum Gasteiger partial charge on any atom is -0.449 e. The fourth-order valence-electron chi connectivity index (χ4n) is 1.30. The first kappa shape index (κ1) is 13.0.